The number of rotatable bonds is 61. The lowest BCUT2D eigenvalue weighted by Crippen LogP contribution is -2.46. The van der Waals surface area contributed by atoms with Crippen molar-refractivity contribution in [3.05, 3.63) is 0 Å². The highest BCUT2D eigenvalue weighted by molar-refractivity contribution is 7.47. The Balaban J connectivity index is 3.82. The fourth-order valence-electron chi connectivity index (χ4n) is 10.3. The second-order valence-corrected chi connectivity index (χ2v) is 25.3. The van der Waals surface area contributed by atoms with E-state index in [1.54, 1.807) is 0 Å². The Kier molecular flexibility index (Phi) is 54.9. The first-order valence-electron chi connectivity index (χ1n) is 32.4. The molecule has 0 aromatic carbocycles. The summed E-state index contributed by atoms with van der Waals surface area (Å²) in [5, 5.41) is 14.0. The Morgan fingerprint density at radius 2 is 0.667 bits per heavy atom. The van der Waals surface area contributed by atoms with Crippen LogP contribution < -0.4 is 5.32 Å². The summed E-state index contributed by atoms with van der Waals surface area (Å²) in [5.41, 5.74) is 0. The first-order valence-corrected chi connectivity index (χ1v) is 33.9. The molecule has 0 fully saturated rings. The van der Waals surface area contributed by atoms with Crippen molar-refractivity contribution < 1.29 is 32.9 Å². The average molecular weight is 1040 g/mol. The summed E-state index contributed by atoms with van der Waals surface area (Å²) in [7, 11) is 1.64. The van der Waals surface area contributed by atoms with E-state index in [1.807, 2.05) is 21.1 Å². The highest BCUT2D eigenvalue weighted by Crippen LogP contribution is 2.43. The van der Waals surface area contributed by atoms with Gasteiger partial charge in [-0.2, -0.15) is 0 Å². The third kappa shape index (κ3) is 57.2. The van der Waals surface area contributed by atoms with E-state index in [9.17, 15) is 19.4 Å². The van der Waals surface area contributed by atoms with Crippen LogP contribution in [0.4, 0.5) is 0 Å². The molecule has 3 N–H and O–H groups in total. The van der Waals surface area contributed by atoms with Crippen LogP contribution in [-0.2, 0) is 18.4 Å². The molecule has 0 saturated carbocycles. The number of aliphatic hydroxyl groups is 1. The number of hydrogen-bond donors (Lipinski definition) is 3. The van der Waals surface area contributed by atoms with Gasteiger partial charge in [0.1, 0.15) is 13.2 Å². The fourth-order valence-corrected chi connectivity index (χ4v) is 11.0. The summed E-state index contributed by atoms with van der Waals surface area (Å²) in [6.45, 7) is 4.94. The maximum Gasteiger partial charge on any atom is 0.472 e. The van der Waals surface area contributed by atoms with E-state index in [-0.39, 0.29) is 19.1 Å². The molecule has 8 nitrogen and oxygen atoms in total. The lowest BCUT2D eigenvalue weighted by molar-refractivity contribution is -0.870. The van der Waals surface area contributed by atoms with Crippen LogP contribution in [0.3, 0.4) is 0 Å². The van der Waals surface area contributed by atoms with Crippen molar-refractivity contribution in [3.63, 3.8) is 0 Å². The van der Waals surface area contributed by atoms with Crippen molar-refractivity contribution in [2.45, 2.75) is 360 Å². The molecule has 432 valence electrons. The Labute approximate surface area is 450 Å². The van der Waals surface area contributed by atoms with Crippen molar-refractivity contribution in [1.82, 2.24) is 5.32 Å². The summed E-state index contributed by atoms with van der Waals surface area (Å²) >= 11 is 0. The predicted molar refractivity (Wildman–Crippen MR) is 314 cm³/mol. The van der Waals surface area contributed by atoms with Crippen LogP contribution in [0, 0.1) is 0 Å². The number of carbonyl (C=O) groups excluding carboxylic acids is 1. The monoisotopic (exact) mass is 1040 g/mol. The van der Waals surface area contributed by atoms with Crippen LogP contribution in [0.5, 0.6) is 0 Å². The minimum absolute atomic E-state index is 0.0790. The van der Waals surface area contributed by atoms with Crippen LogP contribution in [0.15, 0.2) is 0 Å². The first-order chi connectivity index (χ1) is 35.0. The number of hydrogen-bond acceptors (Lipinski definition) is 5. The minimum Gasteiger partial charge on any atom is -0.391 e. The SMILES string of the molecule is CCCCCCCCCCCCCCCCCCCCCCCCCCCCCCCCCCCCCCCC(=O)NC(COP(=O)(O)OCC[N+](C)(C)C)C(O)CCCCCCCCCCCCCCC. The van der Waals surface area contributed by atoms with Crippen molar-refractivity contribution in [1.29, 1.82) is 0 Å². The van der Waals surface area contributed by atoms with Gasteiger partial charge in [0.2, 0.25) is 5.91 Å². The van der Waals surface area contributed by atoms with Crippen molar-refractivity contribution in [3.8, 4) is 0 Å². The number of aliphatic hydroxyl groups excluding tert-OH is 1. The van der Waals surface area contributed by atoms with Gasteiger partial charge in [0, 0.05) is 6.42 Å². The van der Waals surface area contributed by atoms with E-state index in [2.05, 4.69) is 19.2 Å². The molecule has 0 aliphatic carbocycles. The number of nitrogens with one attached hydrogen (secondary N) is 1. The normalized spacial score (nSPS) is 13.7. The second-order valence-electron chi connectivity index (χ2n) is 23.9. The number of amides is 1. The van der Waals surface area contributed by atoms with Gasteiger partial charge in [0.15, 0.2) is 0 Å². The molecule has 0 radical (unpaired) electrons. The maximum atomic E-state index is 13.0. The molecule has 3 unspecified atom stereocenters. The molecule has 9 heteroatoms. The van der Waals surface area contributed by atoms with Gasteiger partial charge in [-0.05, 0) is 12.8 Å². The van der Waals surface area contributed by atoms with Gasteiger partial charge in [-0.1, -0.05) is 328 Å². The lowest BCUT2D eigenvalue weighted by atomic mass is 10.0. The topological polar surface area (TPSA) is 105 Å². The zero-order valence-electron chi connectivity index (χ0n) is 49.5. The zero-order chi connectivity index (χ0) is 52.7. The zero-order valence-corrected chi connectivity index (χ0v) is 50.4. The smallest absolute Gasteiger partial charge is 0.391 e. The van der Waals surface area contributed by atoms with Crippen molar-refractivity contribution in [2.24, 2.45) is 0 Å². The van der Waals surface area contributed by atoms with Gasteiger partial charge >= 0.3 is 7.82 Å². The van der Waals surface area contributed by atoms with E-state index in [0.29, 0.717) is 23.9 Å². The second kappa shape index (κ2) is 55.3. The molecule has 0 heterocycles. The van der Waals surface area contributed by atoms with Gasteiger partial charge < -0.3 is 19.8 Å². The molecule has 0 aliphatic rings. The Morgan fingerprint density at radius 3 is 0.931 bits per heavy atom. The van der Waals surface area contributed by atoms with Crippen LogP contribution in [0.2, 0.25) is 0 Å². The number of unbranched alkanes of at least 4 members (excludes halogenated alkanes) is 48. The lowest BCUT2D eigenvalue weighted by Gasteiger charge is -2.26. The van der Waals surface area contributed by atoms with Crippen LogP contribution in [0.1, 0.15) is 348 Å². The third-order valence-electron chi connectivity index (χ3n) is 15.4. The van der Waals surface area contributed by atoms with Crippen molar-refractivity contribution >= 4 is 13.7 Å². The molecular formula is C63H130N2O6P+. The summed E-state index contributed by atoms with van der Waals surface area (Å²) in [5.74, 6) is -0.136. The van der Waals surface area contributed by atoms with E-state index in [0.717, 1.165) is 38.5 Å². The van der Waals surface area contributed by atoms with E-state index in [4.69, 9.17) is 9.05 Å². The maximum absolute atomic E-state index is 13.0. The van der Waals surface area contributed by atoms with E-state index >= 15 is 0 Å². The molecule has 0 aliphatic heterocycles. The fraction of sp³-hybridized carbons (Fsp3) is 0.984. The van der Waals surface area contributed by atoms with Crippen LogP contribution in [0.25, 0.3) is 0 Å². The molecule has 0 spiro atoms. The Hall–Kier alpha value is -0.500. The highest BCUT2D eigenvalue weighted by Gasteiger charge is 2.28. The molecule has 0 aromatic heterocycles. The van der Waals surface area contributed by atoms with Gasteiger partial charge in [0.25, 0.3) is 0 Å². The highest BCUT2D eigenvalue weighted by atomic mass is 31.2. The van der Waals surface area contributed by atoms with Crippen LogP contribution >= 0.6 is 7.82 Å². The standard InChI is InChI=1S/C63H129N2O6P/c1-6-8-10-12-14-16-18-20-21-22-23-24-25-26-27-28-29-30-31-32-33-34-35-36-37-38-39-40-41-42-43-45-47-49-51-53-55-57-63(67)64-61(60-71-72(68,69)70-59-58-65(3,4)5)62(66)56-54-52-50-48-46-44-19-17-15-13-11-9-7-2/h61-62,66H,6-60H2,1-5H3,(H-,64,67,68,69)/p+1. The number of phosphoric acid groups is 1. The van der Waals surface area contributed by atoms with Gasteiger partial charge in [-0.25, -0.2) is 4.57 Å². The molecule has 0 bridgehead atoms. The molecule has 0 rings (SSSR count). The minimum atomic E-state index is -4.32. The summed E-state index contributed by atoms with van der Waals surface area (Å²) < 4.78 is 23.8. The molecule has 1 amide bonds. The molecule has 0 saturated heterocycles. The number of phosphoric ester groups is 1. The van der Waals surface area contributed by atoms with E-state index in [1.165, 1.54) is 283 Å². The molecule has 0 aromatic rings. The van der Waals surface area contributed by atoms with Gasteiger partial charge in [-0.3, -0.25) is 13.8 Å². The quantitative estimate of drug-likeness (QED) is 0.0318. The number of nitrogens with zero attached hydrogens (tertiary/aromatic N) is 1. The number of quaternary nitrogens is 1. The average Bonchev–Trinajstić information content (AvgIpc) is 3.34. The summed E-state index contributed by atoms with van der Waals surface area (Å²) in [6.07, 6.45) is 67.8. The van der Waals surface area contributed by atoms with Crippen LogP contribution in [-0.4, -0.2) is 73.4 Å². The number of carbonyl (C=O) groups is 1. The Morgan fingerprint density at radius 1 is 0.417 bits per heavy atom. The number of likely N-dealkylation sites (N-methyl/N-ethyl adjacent to an activating group) is 1. The molecule has 72 heavy (non-hydrogen) atoms. The first kappa shape index (κ1) is 71.5. The van der Waals surface area contributed by atoms with Crippen molar-refractivity contribution in [2.75, 3.05) is 40.9 Å². The molecular weight excluding hydrogens is 912 g/mol. The predicted octanol–water partition coefficient (Wildman–Crippen LogP) is 20.0. The van der Waals surface area contributed by atoms with Gasteiger partial charge in [0.05, 0.1) is 39.9 Å². The Bertz CT molecular complexity index is 1140. The third-order valence-corrected chi connectivity index (χ3v) is 16.3. The van der Waals surface area contributed by atoms with E-state index < -0.39 is 20.0 Å². The summed E-state index contributed by atoms with van der Waals surface area (Å²) in [4.78, 5) is 23.3. The largest absolute Gasteiger partial charge is 0.472 e. The molecule has 3 atom stereocenters. The van der Waals surface area contributed by atoms with Gasteiger partial charge in [-0.15, -0.1) is 0 Å². The summed E-state index contributed by atoms with van der Waals surface area (Å²) in [6, 6.07) is -0.755.